The van der Waals surface area contributed by atoms with Crippen molar-refractivity contribution in [3.8, 4) is 11.5 Å². The van der Waals surface area contributed by atoms with Gasteiger partial charge in [-0.25, -0.2) is 0 Å². The molecule has 1 heterocycles. The van der Waals surface area contributed by atoms with Gasteiger partial charge in [-0.05, 0) is 24.1 Å². The van der Waals surface area contributed by atoms with E-state index in [9.17, 15) is 24.8 Å². The van der Waals surface area contributed by atoms with Crippen molar-refractivity contribution in [3.63, 3.8) is 0 Å². The number of carbonyl (C=O) groups is 2. The molecule has 1 saturated heterocycles. The molecule has 27 heavy (non-hydrogen) atoms. The summed E-state index contributed by atoms with van der Waals surface area (Å²) < 4.78 is 9.97. The lowest BCUT2D eigenvalue weighted by atomic mass is 10.1. The van der Waals surface area contributed by atoms with E-state index in [2.05, 4.69) is 0 Å². The summed E-state index contributed by atoms with van der Waals surface area (Å²) in [6.45, 7) is 1.77. The van der Waals surface area contributed by atoms with E-state index in [-0.39, 0.29) is 33.7 Å². The molecule has 1 aliphatic rings. The Labute approximate surface area is 164 Å². The molecule has 1 fully saturated rings. The second-order valence-corrected chi connectivity index (χ2v) is 6.99. The van der Waals surface area contributed by atoms with Crippen LogP contribution < -0.4 is 9.84 Å². The predicted octanol–water partition coefficient (Wildman–Crippen LogP) is 1.83. The van der Waals surface area contributed by atoms with Crippen LogP contribution in [0.4, 0.5) is 5.69 Å². The number of nitrogens with zero attached hydrogens (tertiary/aromatic N) is 2. The van der Waals surface area contributed by atoms with Crippen LogP contribution in [0.1, 0.15) is 18.9 Å². The van der Waals surface area contributed by atoms with Crippen LogP contribution in [0.25, 0.3) is 6.08 Å². The van der Waals surface area contributed by atoms with Gasteiger partial charge in [-0.1, -0.05) is 30.9 Å². The van der Waals surface area contributed by atoms with Crippen molar-refractivity contribution in [2.24, 2.45) is 0 Å². The first-order chi connectivity index (χ1) is 12.8. The van der Waals surface area contributed by atoms with Gasteiger partial charge in [-0.3, -0.25) is 24.6 Å². The molecular weight excluding hydrogens is 396 g/mol. The number of thioether (sulfide) groups is 1. The highest BCUT2D eigenvalue weighted by atomic mass is 32.2. The molecule has 0 aliphatic carbocycles. The lowest BCUT2D eigenvalue weighted by Crippen LogP contribution is -2.34. The highest BCUT2D eigenvalue weighted by Gasteiger charge is 2.34. The second-order valence-electron chi connectivity index (χ2n) is 5.32. The number of carbonyl (C=O) groups excluding carboxylic acids is 2. The third-order valence-electron chi connectivity index (χ3n) is 3.40. The molecule has 2 rings (SSSR count). The first-order valence-corrected chi connectivity index (χ1v) is 8.95. The molecule has 1 aliphatic heterocycles. The maximum Gasteiger partial charge on any atom is 0.326 e. The number of nitro benzene ring substituents is 1. The number of ether oxygens (including phenoxy) is 2. The van der Waals surface area contributed by atoms with Gasteiger partial charge >= 0.3 is 5.97 Å². The van der Waals surface area contributed by atoms with Crippen LogP contribution in [0, 0.1) is 10.1 Å². The van der Waals surface area contributed by atoms with Crippen LogP contribution in [0.15, 0.2) is 17.0 Å². The molecule has 1 aromatic rings. The van der Waals surface area contributed by atoms with E-state index >= 15 is 0 Å². The Kier molecular flexibility index (Phi) is 6.75. The molecule has 0 spiro atoms. The predicted molar refractivity (Wildman–Crippen MR) is 100 cm³/mol. The zero-order chi connectivity index (χ0) is 20.1. The molecule has 144 valence electrons. The molecular formula is C16H15N2O7S2-. The SMILES string of the molecule is CCCOC(=O)CN1C(=O)/C(=C/c2cc(OC)c([O-])c([N+](=O)[O-])c2)SC1=S. The van der Waals surface area contributed by atoms with E-state index in [4.69, 9.17) is 21.7 Å². The third-order valence-corrected chi connectivity index (χ3v) is 4.78. The molecule has 0 unspecified atom stereocenters. The van der Waals surface area contributed by atoms with Gasteiger partial charge < -0.3 is 14.6 Å². The summed E-state index contributed by atoms with van der Waals surface area (Å²) in [4.78, 5) is 35.7. The molecule has 0 atom stereocenters. The molecule has 0 radical (unpaired) electrons. The van der Waals surface area contributed by atoms with Gasteiger partial charge in [-0.15, -0.1) is 0 Å². The van der Waals surface area contributed by atoms with Crippen molar-refractivity contribution in [2.75, 3.05) is 20.3 Å². The maximum atomic E-state index is 12.5. The molecule has 1 amide bonds. The van der Waals surface area contributed by atoms with Crippen LogP contribution in [0.3, 0.4) is 0 Å². The Morgan fingerprint density at radius 2 is 2.15 bits per heavy atom. The van der Waals surface area contributed by atoms with Gasteiger partial charge in [0.05, 0.1) is 23.5 Å². The number of esters is 1. The summed E-state index contributed by atoms with van der Waals surface area (Å²) >= 11 is 6.06. The van der Waals surface area contributed by atoms with Gasteiger partial charge in [0.2, 0.25) is 0 Å². The average molecular weight is 411 g/mol. The van der Waals surface area contributed by atoms with E-state index in [0.717, 1.165) is 22.7 Å². The second kappa shape index (κ2) is 8.82. The van der Waals surface area contributed by atoms with Crippen molar-refractivity contribution in [1.82, 2.24) is 4.90 Å². The molecule has 11 heteroatoms. The molecule has 1 aromatic carbocycles. The van der Waals surface area contributed by atoms with Gasteiger partial charge in [0.15, 0.2) is 0 Å². The normalized spacial score (nSPS) is 15.3. The zero-order valence-electron chi connectivity index (χ0n) is 14.4. The minimum absolute atomic E-state index is 0.165. The van der Waals surface area contributed by atoms with Crippen molar-refractivity contribution < 1.29 is 29.1 Å². The first-order valence-electron chi connectivity index (χ1n) is 7.72. The van der Waals surface area contributed by atoms with Gasteiger partial charge in [0, 0.05) is 11.8 Å². The van der Waals surface area contributed by atoms with E-state index in [1.165, 1.54) is 19.3 Å². The number of rotatable bonds is 7. The van der Waals surface area contributed by atoms with Crippen LogP contribution in [0.2, 0.25) is 0 Å². The Morgan fingerprint density at radius 1 is 1.44 bits per heavy atom. The largest absolute Gasteiger partial charge is 0.865 e. The number of nitro groups is 1. The maximum absolute atomic E-state index is 12.5. The summed E-state index contributed by atoms with van der Waals surface area (Å²) in [6, 6.07) is 2.34. The van der Waals surface area contributed by atoms with Crippen molar-refractivity contribution in [2.45, 2.75) is 13.3 Å². The Bertz CT molecular complexity index is 838. The first kappa shape index (κ1) is 20.6. The number of benzene rings is 1. The fourth-order valence-electron chi connectivity index (χ4n) is 2.16. The summed E-state index contributed by atoms with van der Waals surface area (Å²) in [5.41, 5.74) is -0.438. The van der Waals surface area contributed by atoms with Crippen LogP contribution in [0.5, 0.6) is 11.5 Å². The Balaban J connectivity index is 2.28. The summed E-state index contributed by atoms with van der Waals surface area (Å²) in [7, 11) is 1.21. The zero-order valence-corrected chi connectivity index (χ0v) is 16.1. The number of hydrogen-bond donors (Lipinski definition) is 0. The lowest BCUT2D eigenvalue weighted by molar-refractivity contribution is -0.398. The summed E-state index contributed by atoms with van der Waals surface area (Å²) in [6.07, 6.45) is 2.01. The van der Waals surface area contributed by atoms with Gasteiger partial charge in [-0.2, -0.15) is 0 Å². The highest BCUT2D eigenvalue weighted by molar-refractivity contribution is 8.26. The number of hydrogen-bond acceptors (Lipinski definition) is 9. The van der Waals surface area contributed by atoms with Crippen LogP contribution >= 0.6 is 24.0 Å². The smallest absolute Gasteiger partial charge is 0.326 e. The van der Waals surface area contributed by atoms with Crippen LogP contribution in [-0.2, 0) is 14.3 Å². The monoisotopic (exact) mass is 411 g/mol. The molecule has 0 saturated carbocycles. The fourth-order valence-corrected chi connectivity index (χ4v) is 3.41. The Morgan fingerprint density at radius 3 is 2.74 bits per heavy atom. The molecule has 0 bridgehead atoms. The van der Waals surface area contributed by atoms with Crippen molar-refractivity contribution in [1.29, 1.82) is 0 Å². The molecule has 0 aromatic heterocycles. The Hall–Kier alpha value is -2.66. The number of methoxy groups -OCH3 is 1. The lowest BCUT2D eigenvalue weighted by Gasteiger charge is -2.14. The topological polar surface area (TPSA) is 122 Å². The van der Waals surface area contributed by atoms with Gasteiger partial charge in [0.25, 0.3) is 11.6 Å². The standard InChI is InChI=1S/C16H16N2O7S2/c1-3-4-25-13(19)8-17-15(21)12(27-16(17)26)7-9-5-10(18(22)23)14(20)11(6-9)24-2/h5-7,20H,3-4,8H2,1-2H3/p-1/b12-7-. The minimum atomic E-state index is -0.856. The van der Waals surface area contributed by atoms with Crippen molar-refractivity contribution >= 4 is 51.9 Å². The quantitative estimate of drug-likeness (QED) is 0.217. The fraction of sp³-hybridized carbons (Fsp3) is 0.312. The summed E-state index contributed by atoms with van der Waals surface area (Å²) in [5, 5.41) is 22.9. The summed E-state index contributed by atoms with van der Waals surface area (Å²) in [5.74, 6) is -2.17. The number of amides is 1. The van der Waals surface area contributed by atoms with Gasteiger partial charge in [0.1, 0.15) is 16.6 Å². The molecule has 9 nitrogen and oxygen atoms in total. The van der Waals surface area contributed by atoms with Crippen molar-refractivity contribution in [3.05, 3.63) is 32.7 Å². The van der Waals surface area contributed by atoms with E-state index in [1.54, 1.807) is 0 Å². The number of thiocarbonyl (C=S) groups is 1. The highest BCUT2D eigenvalue weighted by Crippen LogP contribution is 2.37. The van der Waals surface area contributed by atoms with Crippen LogP contribution in [-0.4, -0.2) is 46.3 Å². The minimum Gasteiger partial charge on any atom is -0.865 e. The van der Waals surface area contributed by atoms with E-state index in [0.29, 0.717) is 6.42 Å². The molecule has 0 N–H and O–H groups in total. The third kappa shape index (κ3) is 4.74. The van der Waals surface area contributed by atoms with E-state index in [1.807, 2.05) is 6.92 Å². The average Bonchev–Trinajstić information content (AvgIpc) is 2.88. The van der Waals surface area contributed by atoms with E-state index < -0.39 is 28.2 Å².